The van der Waals surface area contributed by atoms with Crippen LogP contribution in [0.25, 0.3) is 11.4 Å². The van der Waals surface area contributed by atoms with Gasteiger partial charge in [0.05, 0.1) is 16.7 Å². The molecule has 0 saturated carbocycles. The van der Waals surface area contributed by atoms with Crippen LogP contribution in [0.2, 0.25) is 0 Å². The van der Waals surface area contributed by atoms with Crippen LogP contribution in [0, 0.1) is 0 Å². The van der Waals surface area contributed by atoms with Gasteiger partial charge >= 0.3 is 0 Å². The molecule has 2 heterocycles. The summed E-state index contributed by atoms with van der Waals surface area (Å²) in [5.41, 5.74) is 5.33. The van der Waals surface area contributed by atoms with Crippen molar-refractivity contribution in [3.63, 3.8) is 0 Å². The number of hydrogen-bond acceptors (Lipinski definition) is 5. The van der Waals surface area contributed by atoms with Gasteiger partial charge in [-0.1, -0.05) is 5.73 Å². The molecule has 0 amide bonds. The van der Waals surface area contributed by atoms with Gasteiger partial charge in [0, 0.05) is 30.5 Å². The summed E-state index contributed by atoms with van der Waals surface area (Å²) in [5, 5.41) is 4.96. The van der Waals surface area contributed by atoms with Crippen LogP contribution in [-0.2, 0) is 15.9 Å². The maximum absolute atomic E-state index is 14.1. The monoisotopic (exact) mass is 470 g/mol. The SMILES string of the molecule is CC(C)Oc1ccc(S(=O)(=O)Nc2cc(C(C)(F)F)nn2C2=c3cccnc3=C=C=C2)cc1. The Labute approximate surface area is 189 Å². The Morgan fingerprint density at radius 3 is 2.58 bits per heavy atom. The van der Waals surface area contributed by atoms with Crippen molar-refractivity contribution < 1.29 is 21.9 Å². The number of benzene rings is 1. The minimum atomic E-state index is -4.12. The molecule has 0 aliphatic heterocycles. The van der Waals surface area contributed by atoms with Crippen molar-refractivity contribution in [3.8, 4) is 5.75 Å². The summed E-state index contributed by atoms with van der Waals surface area (Å²) in [7, 11) is -4.12. The number of fused-ring (bicyclic) bond motifs is 1. The van der Waals surface area contributed by atoms with Crippen LogP contribution in [0.1, 0.15) is 26.5 Å². The van der Waals surface area contributed by atoms with E-state index in [0.29, 0.717) is 28.9 Å². The van der Waals surface area contributed by atoms with Crippen LogP contribution in [0.3, 0.4) is 0 Å². The van der Waals surface area contributed by atoms with Crippen LogP contribution in [-0.4, -0.2) is 29.3 Å². The summed E-state index contributed by atoms with van der Waals surface area (Å²) in [6.07, 6.45) is 2.96. The second-order valence-electron chi connectivity index (χ2n) is 7.66. The van der Waals surface area contributed by atoms with Gasteiger partial charge in [0.1, 0.15) is 22.6 Å². The molecule has 170 valence electrons. The lowest BCUT2D eigenvalue weighted by atomic mass is 10.2. The minimum Gasteiger partial charge on any atom is -0.491 e. The fraction of sp³-hybridized carbons (Fsp3) is 0.217. The maximum atomic E-state index is 14.1. The maximum Gasteiger partial charge on any atom is 0.288 e. The van der Waals surface area contributed by atoms with E-state index in [0.717, 1.165) is 10.7 Å². The number of halogens is 2. The zero-order valence-corrected chi connectivity index (χ0v) is 18.8. The highest BCUT2D eigenvalue weighted by Crippen LogP contribution is 2.30. The van der Waals surface area contributed by atoms with E-state index in [-0.39, 0.29) is 16.8 Å². The quantitative estimate of drug-likeness (QED) is 0.537. The predicted octanol–water partition coefficient (Wildman–Crippen LogP) is 2.74. The molecule has 0 unspecified atom stereocenters. The lowest BCUT2D eigenvalue weighted by Crippen LogP contribution is -2.32. The molecule has 0 atom stereocenters. The second-order valence-corrected chi connectivity index (χ2v) is 9.34. The van der Waals surface area contributed by atoms with E-state index in [1.165, 1.54) is 30.3 Å². The average molecular weight is 471 g/mol. The lowest BCUT2D eigenvalue weighted by Gasteiger charge is -2.13. The van der Waals surface area contributed by atoms with Gasteiger partial charge in [-0.3, -0.25) is 4.72 Å². The van der Waals surface area contributed by atoms with Gasteiger partial charge in [-0.25, -0.2) is 18.1 Å². The molecule has 1 aliphatic rings. The first-order valence-electron chi connectivity index (χ1n) is 10.00. The summed E-state index contributed by atoms with van der Waals surface area (Å²) >= 11 is 0. The number of hydrogen-bond donors (Lipinski definition) is 1. The Hall–Kier alpha value is -3.71. The Balaban J connectivity index is 1.80. The molecule has 1 aliphatic carbocycles. The third-order valence-electron chi connectivity index (χ3n) is 4.62. The summed E-state index contributed by atoms with van der Waals surface area (Å²) in [6.45, 7) is 4.40. The number of nitrogens with zero attached hydrogens (tertiary/aromatic N) is 3. The van der Waals surface area contributed by atoms with Crippen molar-refractivity contribution in [1.29, 1.82) is 0 Å². The number of alkyl halides is 2. The van der Waals surface area contributed by atoms with Crippen LogP contribution < -0.4 is 20.0 Å². The molecule has 3 aromatic rings. The second kappa shape index (κ2) is 8.33. The zero-order valence-electron chi connectivity index (χ0n) is 18.0. The number of anilines is 1. The van der Waals surface area contributed by atoms with E-state index in [4.69, 9.17) is 4.74 Å². The van der Waals surface area contributed by atoms with Gasteiger partial charge in [-0.15, -0.1) is 0 Å². The molecule has 1 N–H and O–H groups in total. The fourth-order valence-corrected chi connectivity index (χ4v) is 4.19. The standard InChI is InChI=1S/C23H20F2N4O3S/c1-15(2)32-16-9-11-17(12-10-16)33(30,31)28-22-14-21(23(3,24)25)27-29(22)20-8-4-7-19-18(20)6-5-13-26-19/h5-6,8-15,28H,1-3H3. The van der Waals surface area contributed by atoms with Crippen LogP contribution in [0.4, 0.5) is 14.6 Å². The van der Waals surface area contributed by atoms with Crippen molar-refractivity contribution in [2.45, 2.75) is 37.7 Å². The normalized spacial score (nSPS) is 13.1. The molecule has 2 aromatic heterocycles. The van der Waals surface area contributed by atoms with E-state index in [1.807, 2.05) is 13.8 Å². The van der Waals surface area contributed by atoms with E-state index in [9.17, 15) is 17.2 Å². The smallest absolute Gasteiger partial charge is 0.288 e. The van der Waals surface area contributed by atoms with Crippen LogP contribution in [0.5, 0.6) is 5.75 Å². The highest BCUT2D eigenvalue weighted by molar-refractivity contribution is 7.92. The van der Waals surface area contributed by atoms with Crippen molar-refractivity contribution >= 4 is 27.3 Å². The number of sulfonamides is 1. The number of nitrogens with one attached hydrogen (secondary N) is 1. The predicted molar refractivity (Wildman–Crippen MR) is 119 cm³/mol. The largest absolute Gasteiger partial charge is 0.491 e. The number of allylic oxidation sites excluding steroid dienone is 1. The van der Waals surface area contributed by atoms with E-state index >= 15 is 0 Å². The lowest BCUT2D eigenvalue weighted by molar-refractivity contribution is 0.0124. The van der Waals surface area contributed by atoms with Gasteiger partial charge in [-0.2, -0.15) is 13.9 Å². The molecule has 0 radical (unpaired) electrons. The molecule has 7 nitrogen and oxygen atoms in total. The average Bonchev–Trinajstić information content (AvgIpc) is 3.16. The topological polar surface area (TPSA) is 86.1 Å². The van der Waals surface area contributed by atoms with Crippen molar-refractivity contribution in [3.05, 3.63) is 76.7 Å². The Morgan fingerprint density at radius 2 is 1.91 bits per heavy atom. The van der Waals surface area contributed by atoms with Crippen LogP contribution in [0.15, 0.2) is 65.4 Å². The zero-order chi connectivity index (χ0) is 23.8. The highest BCUT2D eigenvalue weighted by Gasteiger charge is 2.31. The van der Waals surface area contributed by atoms with Gasteiger partial charge in [0.2, 0.25) is 0 Å². The van der Waals surface area contributed by atoms with Gasteiger partial charge in [0.25, 0.3) is 15.9 Å². The number of ether oxygens (including phenoxy) is 1. The number of aromatic nitrogens is 3. The van der Waals surface area contributed by atoms with Crippen molar-refractivity contribution in [2.24, 2.45) is 0 Å². The first-order chi connectivity index (χ1) is 15.5. The first-order valence-corrected chi connectivity index (χ1v) is 11.5. The molecular formula is C23H20F2N4O3S. The van der Waals surface area contributed by atoms with Crippen molar-refractivity contribution in [2.75, 3.05) is 4.72 Å². The van der Waals surface area contributed by atoms with Gasteiger partial charge < -0.3 is 4.74 Å². The van der Waals surface area contributed by atoms with Crippen LogP contribution >= 0.6 is 0 Å². The molecular weight excluding hydrogens is 450 g/mol. The fourth-order valence-electron chi connectivity index (χ4n) is 3.16. The molecule has 33 heavy (non-hydrogen) atoms. The molecule has 0 saturated heterocycles. The Kier molecular flexibility index (Phi) is 5.68. The molecule has 0 fully saturated rings. The summed E-state index contributed by atoms with van der Waals surface area (Å²) in [4.78, 5) is 4.12. The summed E-state index contributed by atoms with van der Waals surface area (Å²) in [6, 6.07) is 10.2. The van der Waals surface area contributed by atoms with E-state index in [2.05, 4.69) is 26.3 Å². The van der Waals surface area contributed by atoms with Gasteiger partial charge in [0.15, 0.2) is 0 Å². The Morgan fingerprint density at radius 1 is 1.18 bits per heavy atom. The molecule has 10 heteroatoms. The third-order valence-corrected chi connectivity index (χ3v) is 5.99. The molecule has 0 bridgehead atoms. The molecule has 0 spiro atoms. The highest BCUT2D eigenvalue weighted by atomic mass is 32.2. The molecule has 4 rings (SSSR count). The Bertz CT molecular complexity index is 1510. The van der Waals surface area contributed by atoms with Gasteiger partial charge in [-0.05, 0) is 56.0 Å². The van der Waals surface area contributed by atoms with E-state index in [1.54, 1.807) is 18.3 Å². The summed E-state index contributed by atoms with van der Waals surface area (Å²) < 4.78 is 63.3. The third kappa shape index (κ3) is 4.73. The molecule has 1 aromatic carbocycles. The minimum absolute atomic E-state index is 0.0596. The first kappa shape index (κ1) is 22.5. The number of rotatable bonds is 7. The number of pyridine rings is 1. The van der Waals surface area contributed by atoms with E-state index < -0.39 is 21.6 Å². The van der Waals surface area contributed by atoms with Crippen molar-refractivity contribution in [1.82, 2.24) is 14.8 Å². The summed E-state index contributed by atoms with van der Waals surface area (Å²) in [5.74, 6) is -2.93.